The van der Waals surface area contributed by atoms with E-state index in [1.54, 1.807) is 0 Å². The first-order valence-corrected chi connectivity index (χ1v) is 13.5. The van der Waals surface area contributed by atoms with Crippen LogP contribution in [-0.4, -0.2) is 25.3 Å². The molecule has 5 aromatic rings. The molecule has 0 fully saturated rings. The Balaban J connectivity index is 1.54. The van der Waals surface area contributed by atoms with Crippen molar-refractivity contribution in [3.05, 3.63) is 130 Å². The topological polar surface area (TPSA) is 55.1 Å². The molecule has 1 aliphatic rings. The molecular weight excluding hydrogens is 482 g/mol. The van der Waals surface area contributed by atoms with Crippen molar-refractivity contribution in [1.29, 1.82) is 0 Å². The van der Waals surface area contributed by atoms with Crippen molar-refractivity contribution in [1.82, 2.24) is 19.2 Å². The third-order valence-corrected chi connectivity index (χ3v) is 7.72. The van der Waals surface area contributed by atoms with E-state index in [-0.39, 0.29) is 12.1 Å². The summed E-state index contributed by atoms with van der Waals surface area (Å²) in [4.78, 5) is 16.1. The molecule has 0 spiro atoms. The van der Waals surface area contributed by atoms with Crippen molar-refractivity contribution in [2.75, 3.05) is 5.32 Å². The van der Waals surface area contributed by atoms with Gasteiger partial charge in [0.05, 0.1) is 29.7 Å². The molecule has 39 heavy (non-hydrogen) atoms. The monoisotopic (exact) mass is 515 g/mol. The van der Waals surface area contributed by atoms with E-state index in [1.807, 2.05) is 46.0 Å². The fraction of sp³-hybridized carbons (Fsp3) is 0.212. The summed E-state index contributed by atoms with van der Waals surface area (Å²) in [6.07, 6.45) is 2.85. The van der Waals surface area contributed by atoms with E-state index < -0.39 is 0 Å². The van der Waals surface area contributed by atoms with Crippen LogP contribution in [0.4, 0.5) is 10.5 Å². The van der Waals surface area contributed by atoms with Gasteiger partial charge in [-0.1, -0.05) is 61.0 Å². The number of urea groups is 1. The maximum absolute atomic E-state index is 14.2. The molecule has 0 saturated heterocycles. The van der Waals surface area contributed by atoms with E-state index in [0.717, 1.165) is 51.7 Å². The van der Waals surface area contributed by atoms with Gasteiger partial charge in [-0.3, -0.25) is 0 Å². The number of hydrogen-bond donors (Lipinski definition) is 1. The minimum Gasteiger partial charge on any atom is -0.308 e. The molecule has 196 valence electrons. The molecule has 0 radical (unpaired) electrons. The van der Waals surface area contributed by atoms with Crippen LogP contribution >= 0.6 is 0 Å². The number of rotatable bonds is 4. The fourth-order valence-electron chi connectivity index (χ4n) is 5.46. The molecule has 0 bridgehead atoms. The third kappa shape index (κ3) is 4.42. The second-order valence-corrected chi connectivity index (χ2v) is 10.3. The Kier molecular flexibility index (Phi) is 6.31. The number of amides is 2. The summed E-state index contributed by atoms with van der Waals surface area (Å²) in [6.45, 7) is 8.78. The molecule has 2 amide bonds. The highest BCUT2D eigenvalue weighted by Gasteiger charge is 2.36. The normalized spacial score (nSPS) is 14.5. The average Bonchev–Trinajstić information content (AvgIpc) is 3.53. The van der Waals surface area contributed by atoms with Crippen molar-refractivity contribution in [3.8, 4) is 11.5 Å². The highest BCUT2D eigenvalue weighted by molar-refractivity contribution is 5.90. The van der Waals surface area contributed by atoms with Crippen molar-refractivity contribution in [2.45, 2.75) is 46.7 Å². The summed E-state index contributed by atoms with van der Waals surface area (Å²) in [7, 11) is 0. The number of fused-ring (bicyclic) bond motifs is 3. The van der Waals surface area contributed by atoms with Gasteiger partial charge in [-0.15, -0.1) is 0 Å². The first kappa shape index (κ1) is 24.7. The lowest BCUT2D eigenvalue weighted by atomic mass is 10.0. The second-order valence-electron chi connectivity index (χ2n) is 10.3. The number of carbonyl (C=O) groups excluding carboxylic acids is 1. The molecule has 0 saturated carbocycles. The number of anilines is 1. The van der Waals surface area contributed by atoms with Crippen LogP contribution < -0.4 is 5.32 Å². The van der Waals surface area contributed by atoms with E-state index in [2.05, 4.69) is 92.3 Å². The van der Waals surface area contributed by atoms with Crippen molar-refractivity contribution in [2.24, 2.45) is 0 Å². The number of carbonyl (C=O) groups is 1. The van der Waals surface area contributed by atoms with Gasteiger partial charge in [-0.05, 0) is 80.3 Å². The number of hydrogen-bond acceptors (Lipinski definition) is 2. The van der Waals surface area contributed by atoms with Gasteiger partial charge in [0.15, 0.2) is 0 Å². The quantitative estimate of drug-likeness (QED) is 0.273. The highest BCUT2D eigenvalue weighted by Crippen LogP contribution is 2.39. The molecule has 1 N–H and O–H groups in total. The van der Waals surface area contributed by atoms with Crippen molar-refractivity contribution < 1.29 is 4.79 Å². The smallest absolute Gasteiger partial charge is 0.308 e. The number of aromatic nitrogens is 3. The van der Waals surface area contributed by atoms with Gasteiger partial charge in [0, 0.05) is 17.4 Å². The Hall–Kier alpha value is -4.58. The molecule has 1 aliphatic heterocycles. The molecule has 6 heteroatoms. The van der Waals surface area contributed by atoms with Crippen LogP contribution in [-0.2, 0) is 13.0 Å². The van der Waals surface area contributed by atoms with Crippen LogP contribution in [0.1, 0.15) is 52.2 Å². The van der Waals surface area contributed by atoms with Gasteiger partial charge in [-0.2, -0.15) is 5.10 Å². The van der Waals surface area contributed by atoms with Gasteiger partial charge < -0.3 is 14.8 Å². The lowest BCUT2D eigenvalue weighted by molar-refractivity contribution is 0.194. The lowest BCUT2D eigenvalue weighted by Crippen LogP contribution is -2.38. The molecule has 2 aromatic heterocycles. The number of benzene rings is 3. The Morgan fingerprint density at radius 2 is 1.69 bits per heavy atom. The van der Waals surface area contributed by atoms with Gasteiger partial charge in [0.2, 0.25) is 0 Å². The Bertz CT molecular complexity index is 1650. The molecule has 3 aromatic carbocycles. The molecule has 0 aliphatic carbocycles. The van der Waals surface area contributed by atoms with Crippen LogP contribution in [0.15, 0.2) is 91.1 Å². The predicted molar refractivity (Wildman–Crippen MR) is 156 cm³/mol. The van der Waals surface area contributed by atoms with Gasteiger partial charge in [0.1, 0.15) is 5.82 Å². The Morgan fingerprint density at radius 3 is 2.41 bits per heavy atom. The van der Waals surface area contributed by atoms with Gasteiger partial charge in [0.25, 0.3) is 0 Å². The zero-order valence-corrected chi connectivity index (χ0v) is 22.8. The van der Waals surface area contributed by atoms with Crippen LogP contribution in [0.5, 0.6) is 0 Å². The summed E-state index contributed by atoms with van der Waals surface area (Å²) in [6, 6.07) is 28.5. The van der Waals surface area contributed by atoms with E-state index in [0.29, 0.717) is 6.54 Å². The van der Waals surface area contributed by atoms with Crippen LogP contribution in [0.25, 0.3) is 11.5 Å². The number of para-hydroxylation sites is 1. The zero-order chi connectivity index (χ0) is 27.1. The molecule has 0 unspecified atom stereocenters. The fourth-order valence-corrected chi connectivity index (χ4v) is 5.46. The average molecular weight is 516 g/mol. The van der Waals surface area contributed by atoms with Crippen molar-refractivity contribution >= 4 is 11.7 Å². The first-order chi connectivity index (χ1) is 18.9. The molecular formula is C33H33N5O. The van der Waals surface area contributed by atoms with Crippen LogP contribution in [0, 0.1) is 20.8 Å². The van der Waals surface area contributed by atoms with Crippen molar-refractivity contribution in [3.63, 3.8) is 0 Å². The summed E-state index contributed by atoms with van der Waals surface area (Å²) in [5.74, 6) is 0.983. The first-order valence-electron chi connectivity index (χ1n) is 13.5. The Morgan fingerprint density at radius 1 is 0.923 bits per heavy atom. The van der Waals surface area contributed by atoms with E-state index in [9.17, 15) is 4.79 Å². The lowest BCUT2D eigenvalue weighted by Gasteiger charge is -2.31. The third-order valence-electron chi connectivity index (χ3n) is 7.72. The summed E-state index contributed by atoms with van der Waals surface area (Å²) < 4.78 is 4.23. The summed E-state index contributed by atoms with van der Waals surface area (Å²) >= 11 is 0. The molecule has 6 rings (SSSR count). The number of nitrogens with zero attached hydrogens (tertiary/aromatic N) is 4. The highest BCUT2D eigenvalue weighted by atomic mass is 16.2. The maximum atomic E-state index is 14.2. The zero-order valence-electron chi connectivity index (χ0n) is 22.8. The largest absolute Gasteiger partial charge is 0.322 e. The summed E-state index contributed by atoms with van der Waals surface area (Å²) in [5.41, 5.74) is 9.45. The SMILES string of the molecule is CCc1nn(-c2ccccc2)c2c1CN(C(=O)Nc1ccc(C)c(C)c1)[C@@H](c1ccc(C)cc1)c1cccn1-2. The van der Waals surface area contributed by atoms with Gasteiger partial charge >= 0.3 is 6.03 Å². The van der Waals surface area contributed by atoms with Gasteiger partial charge in [-0.25, -0.2) is 9.48 Å². The predicted octanol–water partition coefficient (Wildman–Crippen LogP) is 7.29. The van der Waals surface area contributed by atoms with E-state index in [1.165, 1.54) is 11.1 Å². The Labute approximate surface area is 229 Å². The number of aryl methyl sites for hydroxylation is 4. The molecule has 3 heterocycles. The van der Waals surface area contributed by atoms with E-state index >= 15 is 0 Å². The molecule has 1 atom stereocenters. The summed E-state index contributed by atoms with van der Waals surface area (Å²) in [5, 5.41) is 8.25. The van der Waals surface area contributed by atoms with E-state index in [4.69, 9.17) is 5.10 Å². The minimum absolute atomic E-state index is 0.140. The van der Waals surface area contributed by atoms with Crippen LogP contribution in [0.2, 0.25) is 0 Å². The maximum Gasteiger partial charge on any atom is 0.322 e. The second kappa shape index (κ2) is 9.95. The van der Waals surface area contributed by atoms with Crippen LogP contribution in [0.3, 0.4) is 0 Å². The number of nitrogens with one attached hydrogen (secondary N) is 1. The standard InChI is InChI=1S/C33H33N5O/c1-5-29-28-21-37(33(39)34-26-18-15-23(3)24(4)20-26)31(25-16-13-22(2)14-17-25)30-12-9-19-36(30)32(28)38(35-29)27-10-7-6-8-11-27/h6-20,31H,5,21H2,1-4H3,(H,34,39)/t31-/m0/s1. The minimum atomic E-state index is -0.284. The molecule has 6 nitrogen and oxygen atoms in total.